The molecule has 2 aliphatic heterocycles. The van der Waals surface area contributed by atoms with Crippen LogP contribution >= 0.6 is 11.3 Å². The summed E-state index contributed by atoms with van der Waals surface area (Å²) in [5.41, 5.74) is 6.09. The number of anilines is 1. The Bertz CT molecular complexity index is 2090. The highest BCUT2D eigenvalue weighted by atomic mass is 32.1. The number of piperidine rings is 1. The Kier molecular flexibility index (Phi) is 9.40. The van der Waals surface area contributed by atoms with E-state index in [-0.39, 0.29) is 24.0 Å². The zero-order chi connectivity index (χ0) is 34.8. The van der Waals surface area contributed by atoms with Gasteiger partial charge in [0, 0.05) is 37.8 Å². The lowest BCUT2D eigenvalue weighted by Gasteiger charge is -2.27. The van der Waals surface area contributed by atoms with Crippen molar-refractivity contribution in [3.05, 3.63) is 95.7 Å². The third kappa shape index (κ3) is 6.86. The van der Waals surface area contributed by atoms with Crippen LogP contribution in [0.2, 0.25) is 0 Å². The molecular formula is C39H37N5O5S. The number of unbranched alkanes of at least 4 members (excludes halogenated alkanes) is 3. The van der Waals surface area contributed by atoms with Gasteiger partial charge >= 0.3 is 0 Å². The fourth-order valence-corrected chi connectivity index (χ4v) is 7.42. The summed E-state index contributed by atoms with van der Waals surface area (Å²) in [5.74, 6) is -0.634. The van der Waals surface area contributed by atoms with Gasteiger partial charge in [-0.2, -0.15) is 0 Å². The molecule has 254 valence electrons. The van der Waals surface area contributed by atoms with E-state index in [9.17, 15) is 19.2 Å². The number of ether oxygens (including phenoxy) is 1. The van der Waals surface area contributed by atoms with Crippen LogP contribution in [0.5, 0.6) is 5.75 Å². The third-order valence-electron chi connectivity index (χ3n) is 9.16. The highest BCUT2D eigenvalue weighted by Gasteiger charge is 2.44. The van der Waals surface area contributed by atoms with E-state index in [4.69, 9.17) is 9.72 Å². The minimum absolute atomic E-state index is 0.0865. The van der Waals surface area contributed by atoms with Gasteiger partial charge in [0.25, 0.3) is 11.8 Å². The number of thiazole rings is 1. The van der Waals surface area contributed by atoms with Crippen molar-refractivity contribution >= 4 is 51.0 Å². The number of fused-ring (bicyclic) bond motifs is 2. The number of pyridine rings is 1. The number of hydrogen-bond donors (Lipinski definition) is 1. The standard InChI is InChI=1S/C39H37N5O5S/c1-43(2)34-18-13-27(23-40-34)25-9-11-26(12-10-25)37-41-31-16-8-24(21-33(31)50-37)7-5-3-4-6-20-49-28-14-15-29-30(22-28)39(48)44(38(29)47)32-17-19-35(45)42-36(32)46/h8-16,18,21-23,32H,3-7,17,19-20H2,1-2H3,(H,42,45,46). The summed E-state index contributed by atoms with van der Waals surface area (Å²) >= 11 is 1.72. The number of hydrogen-bond acceptors (Lipinski definition) is 9. The van der Waals surface area contributed by atoms with Gasteiger partial charge in [0.2, 0.25) is 11.8 Å². The molecule has 0 saturated carbocycles. The van der Waals surface area contributed by atoms with Crippen LogP contribution in [-0.2, 0) is 16.0 Å². The van der Waals surface area contributed by atoms with Crippen LogP contribution in [0.25, 0.3) is 31.9 Å². The van der Waals surface area contributed by atoms with E-state index in [2.05, 4.69) is 58.8 Å². The molecule has 1 N–H and O–H groups in total. The van der Waals surface area contributed by atoms with Crippen molar-refractivity contribution in [3.8, 4) is 27.4 Å². The topological polar surface area (TPSA) is 122 Å². The molecular weight excluding hydrogens is 651 g/mol. The van der Waals surface area contributed by atoms with E-state index in [1.807, 2.05) is 31.3 Å². The number of benzene rings is 3. The summed E-state index contributed by atoms with van der Waals surface area (Å²) in [7, 11) is 3.97. The first-order valence-corrected chi connectivity index (χ1v) is 17.7. The first-order chi connectivity index (χ1) is 24.2. The molecule has 7 rings (SSSR count). The minimum atomic E-state index is -0.981. The lowest BCUT2D eigenvalue weighted by atomic mass is 10.0. The molecule has 0 spiro atoms. The van der Waals surface area contributed by atoms with Gasteiger partial charge in [0.05, 0.1) is 28.0 Å². The summed E-state index contributed by atoms with van der Waals surface area (Å²) < 4.78 is 7.10. The Morgan fingerprint density at radius 3 is 2.36 bits per heavy atom. The molecule has 10 nitrogen and oxygen atoms in total. The molecule has 1 fully saturated rings. The molecule has 0 bridgehead atoms. The number of carbonyl (C=O) groups is 4. The van der Waals surface area contributed by atoms with Gasteiger partial charge in [-0.1, -0.05) is 43.2 Å². The maximum Gasteiger partial charge on any atom is 0.262 e. The van der Waals surface area contributed by atoms with Gasteiger partial charge in [0.1, 0.15) is 22.6 Å². The zero-order valence-corrected chi connectivity index (χ0v) is 28.8. The number of aromatic nitrogens is 2. The van der Waals surface area contributed by atoms with Gasteiger partial charge in [-0.25, -0.2) is 9.97 Å². The smallest absolute Gasteiger partial charge is 0.262 e. The van der Waals surface area contributed by atoms with Crippen LogP contribution in [0.3, 0.4) is 0 Å². The van der Waals surface area contributed by atoms with Gasteiger partial charge in [-0.15, -0.1) is 11.3 Å². The molecule has 5 aromatic rings. The molecule has 50 heavy (non-hydrogen) atoms. The van der Waals surface area contributed by atoms with Crippen molar-refractivity contribution in [2.24, 2.45) is 0 Å². The predicted molar refractivity (Wildman–Crippen MR) is 193 cm³/mol. The fraction of sp³-hybridized carbons (Fsp3) is 0.282. The maximum atomic E-state index is 13.0. The lowest BCUT2D eigenvalue weighted by molar-refractivity contribution is -0.136. The van der Waals surface area contributed by atoms with Crippen LogP contribution in [0.4, 0.5) is 5.82 Å². The lowest BCUT2D eigenvalue weighted by Crippen LogP contribution is -2.54. The maximum absolute atomic E-state index is 13.0. The largest absolute Gasteiger partial charge is 0.494 e. The highest BCUT2D eigenvalue weighted by molar-refractivity contribution is 7.21. The number of imide groups is 2. The summed E-state index contributed by atoms with van der Waals surface area (Å²) in [5, 5.41) is 3.22. The van der Waals surface area contributed by atoms with Crippen molar-refractivity contribution < 1.29 is 23.9 Å². The molecule has 11 heteroatoms. The number of nitrogens with one attached hydrogen (secondary N) is 1. The average molecular weight is 688 g/mol. The molecule has 3 aromatic carbocycles. The number of amides is 4. The van der Waals surface area contributed by atoms with Crippen molar-refractivity contribution in [2.75, 3.05) is 25.6 Å². The first kappa shape index (κ1) is 33.1. The van der Waals surface area contributed by atoms with E-state index < -0.39 is 29.7 Å². The van der Waals surface area contributed by atoms with E-state index in [0.29, 0.717) is 12.4 Å². The molecule has 4 amide bonds. The normalized spacial score (nSPS) is 15.8. The van der Waals surface area contributed by atoms with Crippen LogP contribution in [0, 0.1) is 0 Å². The number of rotatable bonds is 12. The van der Waals surface area contributed by atoms with Crippen LogP contribution < -0.4 is 15.0 Å². The zero-order valence-electron chi connectivity index (χ0n) is 28.0. The van der Waals surface area contributed by atoms with Crippen molar-refractivity contribution in [3.63, 3.8) is 0 Å². The Balaban J connectivity index is 0.864. The first-order valence-electron chi connectivity index (χ1n) is 16.9. The quantitative estimate of drug-likeness (QED) is 0.114. The summed E-state index contributed by atoms with van der Waals surface area (Å²) in [6.45, 7) is 0.494. The molecule has 1 unspecified atom stereocenters. The minimum Gasteiger partial charge on any atom is -0.494 e. The molecule has 2 aromatic heterocycles. The predicted octanol–water partition coefficient (Wildman–Crippen LogP) is 6.67. The second-order valence-electron chi connectivity index (χ2n) is 12.9. The summed E-state index contributed by atoms with van der Waals surface area (Å²) in [4.78, 5) is 62.1. The van der Waals surface area contributed by atoms with Gasteiger partial charge in [-0.05, 0) is 79.3 Å². The molecule has 0 radical (unpaired) electrons. The Labute approximate surface area is 294 Å². The second-order valence-corrected chi connectivity index (χ2v) is 13.9. The second kappa shape index (κ2) is 14.2. The van der Waals surface area contributed by atoms with E-state index in [1.54, 1.807) is 29.5 Å². The van der Waals surface area contributed by atoms with Crippen LogP contribution in [0.1, 0.15) is 64.8 Å². The Morgan fingerprint density at radius 1 is 0.840 bits per heavy atom. The Hall–Kier alpha value is -5.42. The van der Waals surface area contributed by atoms with E-state index in [0.717, 1.165) is 70.0 Å². The number of carbonyl (C=O) groups excluding carboxylic acids is 4. The van der Waals surface area contributed by atoms with Crippen molar-refractivity contribution in [2.45, 2.75) is 51.0 Å². The third-order valence-corrected chi connectivity index (χ3v) is 10.2. The number of aryl methyl sites for hydroxylation is 1. The monoisotopic (exact) mass is 687 g/mol. The highest BCUT2D eigenvalue weighted by Crippen LogP contribution is 2.33. The van der Waals surface area contributed by atoms with Crippen molar-refractivity contribution in [1.82, 2.24) is 20.2 Å². The van der Waals surface area contributed by atoms with E-state index >= 15 is 0 Å². The average Bonchev–Trinajstić information content (AvgIpc) is 3.65. The summed E-state index contributed by atoms with van der Waals surface area (Å²) in [6.07, 6.45) is 7.10. The van der Waals surface area contributed by atoms with Crippen molar-refractivity contribution in [1.29, 1.82) is 0 Å². The molecule has 2 aliphatic rings. The Morgan fingerprint density at radius 2 is 1.60 bits per heavy atom. The molecule has 0 aliphatic carbocycles. The van der Waals surface area contributed by atoms with Gasteiger partial charge < -0.3 is 9.64 Å². The molecule has 4 heterocycles. The SMILES string of the molecule is CN(C)c1ccc(-c2ccc(-c3nc4ccc(CCCCCCOc5ccc6c(c5)C(=O)N(C5CCC(=O)NC5=O)C6=O)cc4s3)cc2)cn1. The molecule has 1 atom stereocenters. The fourth-order valence-electron chi connectivity index (χ4n) is 6.39. The van der Waals surface area contributed by atoms with Gasteiger partial charge in [0.15, 0.2) is 0 Å². The van der Waals surface area contributed by atoms with Crippen LogP contribution in [0.15, 0.2) is 79.0 Å². The number of nitrogens with zero attached hydrogens (tertiary/aromatic N) is 4. The van der Waals surface area contributed by atoms with Crippen LogP contribution in [-0.4, -0.2) is 65.2 Å². The molecule has 1 saturated heterocycles. The van der Waals surface area contributed by atoms with Gasteiger partial charge in [-0.3, -0.25) is 29.4 Å². The summed E-state index contributed by atoms with van der Waals surface area (Å²) in [6, 6.07) is 23.0. The van der Waals surface area contributed by atoms with E-state index in [1.165, 1.54) is 10.3 Å².